The molecule has 0 unspecified atom stereocenters. The predicted molar refractivity (Wildman–Crippen MR) is 69.1 cm³/mol. The molecule has 0 saturated carbocycles. The van der Waals surface area contributed by atoms with E-state index in [4.69, 9.17) is 17.3 Å². The Hall–Kier alpha value is -0.230. The number of thioether (sulfide) groups is 1. The van der Waals surface area contributed by atoms with Crippen molar-refractivity contribution < 1.29 is 8.42 Å². The molecule has 0 spiro atoms. The topological polar surface area (TPSA) is 60.2 Å². The number of rotatable bonds is 4. The van der Waals surface area contributed by atoms with Gasteiger partial charge in [-0.25, -0.2) is 8.42 Å². The molecule has 3 nitrogen and oxygen atoms in total. The van der Waals surface area contributed by atoms with E-state index in [2.05, 4.69) is 0 Å². The van der Waals surface area contributed by atoms with Gasteiger partial charge in [0.25, 0.3) is 0 Å². The number of halogens is 1. The molecule has 0 aliphatic rings. The summed E-state index contributed by atoms with van der Waals surface area (Å²) in [6, 6.07) is 3.43. The molecule has 0 aliphatic heterocycles. The van der Waals surface area contributed by atoms with Gasteiger partial charge in [0.2, 0.25) is 0 Å². The van der Waals surface area contributed by atoms with E-state index in [0.29, 0.717) is 22.9 Å². The summed E-state index contributed by atoms with van der Waals surface area (Å²) in [7, 11) is -3.25. The number of sulfone groups is 1. The van der Waals surface area contributed by atoms with Gasteiger partial charge in [0.1, 0.15) is 0 Å². The van der Waals surface area contributed by atoms with E-state index in [1.165, 1.54) is 18.0 Å². The third-order valence-corrected chi connectivity index (χ3v) is 4.61. The van der Waals surface area contributed by atoms with Crippen molar-refractivity contribution in [1.82, 2.24) is 0 Å². The summed E-state index contributed by atoms with van der Waals surface area (Å²) in [6.07, 6.45) is 3.61. The van der Waals surface area contributed by atoms with Crippen molar-refractivity contribution in [2.75, 3.05) is 19.1 Å². The molecule has 0 aliphatic carbocycles. The molecule has 0 bridgehead atoms. The third kappa shape index (κ3) is 3.13. The Labute approximate surface area is 105 Å². The second-order valence-electron chi connectivity index (χ2n) is 3.42. The fourth-order valence-corrected chi connectivity index (χ4v) is 3.97. The van der Waals surface area contributed by atoms with Crippen LogP contribution in [0.4, 0.5) is 0 Å². The van der Waals surface area contributed by atoms with Crippen LogP contribution < -0.4 is 5.73 Å². The highest BCUT2D eigenvalue weighted by Crippen LogP contribution is 2.33. The van der Waals surface area contributed by atoms with Gasteiger partial charge in [-0.15, -0.1) is 11.8 Å². The van der Waals surface area contributed by atoms with Crippen molar-refractivity contribution in [2.45, 2.75) is 16.2 Å². The summed E-state index contributed by atoms with van der Waals surface area (Å²) in [4.78, 5) is 0.890. The highest BCUT2D eigenvalue weighted by Gasteiger charge is 2.16. The molecule has 16 heavy (non-hydrogen) atoms. The molecule has 1 rings (SSSR count). The Morgan fingerprint density at radius 3 is 2.50 bits per heavy atom. The maximum Gasteiger partial charge on any atom is 0.176 e. The van der Waals surface area contributed by atoms with E-state index >= 15 is 0 Å². The summed E-state index contributed by atoms with van der Waals surface area (Å²) < 4.78 is 23.2. The molecule has 0 fully saturated rings. The van der Waals surface area contributed by atoms with E-state index in [1.807, 2.05) is 0 Å². The van der Waals surface area contributed by atoms with Crippen LogP contribution >= 0.6 is 23.4 Å². The van der Waals surface area contributed by atoms with Crippen LogP contribution in [0.1, 0.15) is 5.56 Å². The molecule has 0 aromatic heterocycles. The largest absolute Gasteiger partial charge is 0.330 e. The normalized spacial score (nSPS) is 11.8. The predicted octanol–water partition coefficient (Wildman–Crippen LogP) is 1.97. The van der Waals surface area contributed by atoms with Crippen molar-refractivity contribution in [2.24, 2.45) is 5.73 Å². The second kappa shape index (κ2) is 5.40. The lowest BCUT2D eigenvalue weighted by Gasteiger charge is -2.10. The maximum absolute atomic E-state index is 11.6. The monoisotopic (exact) mass is 279 g/mol. The molecule has 6 heteroatoms. The van der Waals surface area contributed by atoms with E-state index in [0.717, 1.165) is 5.56 Å². The molecule has 0 radical (unpaired) electrons. The van der Waals surface area contributed by atoms with Gasteiger partial charge in [-0.05, 0) is 36.9 Å². The zero-order chi connectivity index (χ0) is 12.3. The molecule has 0 amide bonds. The zero-order valence-corrected chi connectivity index (χ0v) is 11.5. The molecule has 1 aromatic carbocycles. The first kappa shape index (κ1) is 13.8. The average Bonchev–Trinajstić information content (AvgIpc) is 2.16. The maximum atomic E-state index is 11.6. The smallest absolute Gasteiger partial charge is 0.176 e. The van der Waals surface area contributed by atoms with Crippen molar-refractivity contribution in [3.63, 3.8) is 0 Å². The van der Waals surface area contributed by atoms with E-state index < -0.39 is 9.84 Å². The summed E-state index contributed by atoms with van der Waals surface area (Å²) >= 11 is 7.38. The molecule has 1 aromatic rings. The Morgan fingerprint density at radius 1 is 1.44 bits per heavy atom. The molecule has 90 valence electrons. The van der Waals surface area contributed by atoms with Crippen LogP contribution in [0.3, 0.4) is 0 Å². The van der Waals surface area contributed by atoms with Gasteiger partial charge in [-0.2, -0.15) is 0 Å². The second-order valence-corrected chi connectivity index (χ2v) is 6.63. The van der Waals surface area contributed by atoms with E-state index in [9.17, 15) is 8.42 Å². The molecule has 0 heterocycles. The first-order valence-corrected chi connectivity index (χ1v) is 8.16. The quantitative estimate of drug-likeness (QED) is 0.856. The molecule has 0 atom stereocenters. The highest BCUT2D eigenvalue weighted by molar-refractivity contribution is 7.99. The Kier molecular flexibility index (Phi) is 4.67. The fraction of sp³-hybridized carbons (Fsp3) is 0.400. The standard InChI is InChI=1S/C10H14ClNO2S2/c1-15-10-8(11)5-7(3-4-12)6-9(10)16(2,13)14/h5-6H,3-4,12H2,1-2H3. The Balaban J connectivity index is 3.43. The van der Waals surface area contributed by atoms with Crippen LogP contribution in [0.5, 0.6) is 0 Å². The Bertz CT molecular complexity index is 486. The molecular weight excluding hydrogens is 266 g/mol. The van der Waals surface area contributed by atoms with Crippen LogP contribution in [0, 0.1) is 0 Å². The number of hydrogen-bond donors (Lipinski definition) is 1. The van der Waals surface area contributed by atoms with Gasteiger partial charge < -0.3 is 5.73 Å². The number of nitrogens with two attached hydrogens (primary N) is 1. The lowest BCUT2D eigenvalue weighted by atomic mass is 10.1. The van der Waals surface area contributed by atoms with E-state index in [-0.39, 0.29) is 4.90 Å². The summed E-state index contributed by atoms with van der Waals surface area (Å²) in [5, 5.41) is 0.471. The highest BCUT2D eigenvalue weighted by atomic mass is 35.5. The van der Waals surface area contributed by atoms with Crippen LogP contribution in [-0.2, 0) is 16.3 Å². The molecular formula is C10H14ClNO2S2. The number of benzene rings is 1. The van der Waals surface area contributed by atoms with Gasteiger partial charge in [-0.3, -0.25) is 0 Å². The number of hydrogen-bond acceptors (Lipinski definition) is 4. The summed E-state index contributed by atoms with van der Waals surface area (Å²) in [5.74, 6) is 0. The lowest BCUT2D eigenvalue weighted by Crippen LogP contribution is -2.06. The third-order valence-electron chi connectivity index (χ3n) is 2.11. The fourth-order valence-electron chi connectivity index (χ4n) is 1.41. The van der Waals surface area contributed by atoms with Gasteiger partial charge in [0, 0.05) is 11.2 Å². The van der Waals surface area contributed by atoms with Gasteiger partial charge >= 0.3 is 0 Å². The van der Waals surface area contributed by atoms with Gasteiger partial charge in [0.05, 0.1) is 9.92 Å². The zero-order valence-electron chi connectivity index (χ0n) is 9.16. The average molecular weight is 280 g/mol. The molecule has 2 N–H and O–H groups in total. The first-order chi connectivity index (χ1) is 7.40. The lowest BCUT2D eigenvalue weighted by molar-refractivity contribution is 0.599. The van der Waals surface area contributed by atoms with Crippen molar-refractivity contribution in [3.8, 4) is 0 Å². The summed E-state index contributed by atoms with van der Waals surface area (Å²) in [5.41, 5.74) is 6.30. The van der Waals surface area contributed by atoms with Crippen molar-refractivity contribution in [1.29, 1.82) is 0 Å². The van der Waals surface area contributed by atoms with Crippen LogP contribution in [0.2, 0.25) is 5.02 Å². The Morgan fingerprint density at radius 2 is 2.06 bits per heavy atom. The first-order valence-electron chi connectivity index (χ1n) is 4.66. The van der Waals surface area contributed by atoms with E-state index in [1.54, 1.807) is 18.4 Å². The minimum atomic E-state index is -3.25. The van der Waals surface area contributed by atoms with Crippen LogP contribution in [0.15, 0.2) is 21.9 Å². The van der Waals surface area contributed by atoms with Crippen LogP contribution in [0.25, 0.3) is 0 Å². The minimum Gasteiger partial charge on any atom is -0.330 e. The van der Waals surface area contributed by atoms with Gasteiger partial charge in [-0.1, -0.05) is 11.6 Å². The van der Waals surface area contributed by atoms with Crippen LogP contribution in [-0.4, -0.2) is 27.5 Å². The van der Waals surface area contributed by atoms with Gasteiger partial charge in [0.15, 0.2) is 9.84 Å². The van der Waals surface area contributed by atoms with Crippen molar-refractivity contribution in [3.05, 3.63) is 22.7 Å². The summed E-state index contributed by atoms with van der Waals surface area (Å²) in [6.45, 7) is 0.470. The van der Waals surface area contributed by atoms with Crippen molar-refractivity contribution >= 4 is 33.2 Å². The minimum absolute atomic E-state index is 0.288. The SMILES string of the molecule is CSc1c(Cl)cc(CCN)cc1S(C)(=O)=O. The molecule has 0 saturated heterocycles.